The zero-order valence-electron chi connectivity index (χ0n) is 13.6. The molecule has 1 aliphatic heterocycles. The molecule has 1 aromatic heterocycles. The molecule has 1 aromatic rings. The lowest BCUT2D eigenvalue weighted by Gasteiger charge is -2.30. The van der Waals surface area contributed by atoms with Gasteiger partial charge in [0.05, 0.1) is 11.2 Å². The summed E-state index contributed by atoms with van der Waals surface area (Å²) in [5.74, 6) is 0. The summed E-state index contributed by atoms with van der Waals surface area (Å²) in [5.41, 5.74) is 1.37. The molecule has 0 aliphatic carbocycles. The maximum Gasteiger partial charge on any atom is 0.115 e. The molecule has 0 aromatic carbocycles. The quantitative estimate of drug-likeness (QED) is 0.872. The lowest BCUT2D eigenvalue weighted by atomic mass is 9.99. The van der Waals surface area contributed by atoms with E-state index in [-0.39, 0.29) is 5.54 Å². The van der Waals surface area contributed by atoms with E-state index in [0.29, 0.717) is 6.04 Å². The summed E-state index contributed by atoms with van der Waals surface area (Å²) in [5, 5.41) is 5.13. The summed E-state index contributed by atoms with van der Waals surface area (Å²) in [6.45, 7) is 14.6. The molecular weight excluding hydrogens is 266 g/mol. The van der Waals surface area contributed by atoms with Gasteiger partial charge in [0.1, 0.15) is 5.01 Å². The van der Waals surface area contributed by atoms with Gasteiger partial charge in [0.25, 0.3) is 0 Å². The second kappa shape index (κ2) is 6.54. The van der Waals surface area contributed by atoms with Gasteiger partial charge in [-0.15, -0.1) is 11.3 Å². The molecule has 1 aliphatic rings. The number of likely N-dealkylation sites (tertiary alicyclic amines) is 1. The summed E-state index contributed by atoms with van der Waals surface area (Å²) in [6, 6.07) is 0.618. The van der Waals surface area contributed by atoms with E-state index >= 15 is 0 Å². The van der Waals surface area contributed by atoms with E-state index in [0.717, 1.165) is 19.5 Å². The number of hydrogen-bond acceptors (Lipinski definition) is 4. The Balaban J connectivity index is 2.27. The van der Waals surface area contributed by atoms with Gasteiger partial charge in [-0.1, -0.05) is 13.8 Å². The second-order valence-corrected chi connectivity index (χ2v) is 7.40. The smallest absolute Gasteiger partial charge is 0.115 e. The lowest BCUT2D eigenvalue weighted by Crippen LogP contribution is -2.46. The molecule has 0 spiro atoms. The minimum atomic E-state index is 0.0864. The van der Waals surface area contributed by atoms with Gasteiger partial charge in [-0.3, -0.25) is 4.90 Å². The maximum absolute atomic E-state index is 4.96. The van der Waals surface area contributed by atoms with Crippen molar-refractivity contribution in [1.82, 2.24) is 15.2 Å². The van der Waals surface area contributed by atoms with Gasteiger partial charge in [-0.2, -0.15) is 0 Å². The number of thiazole rings is 1. The van der Waals surface area contributed by atoms with Gasteiger partial charge >= 0.3 is 0 Å². The Kier molecular flexibility index (Phi) is 5.21. The van der Waals surface area contributed by atoms with Crippen LogP contribution in [0.4, 0.5) is 0 Å². The van der Waals surface area contributed by atoms with E-state index < -0.39 is 0 Å². The van der Waals surface area contributed by atoms with Crippen molar-refractivity contribution in [1.29, 1.82) is 0 Å². The van der Waals surface area contributed by atoms with Crippen LogP contribution in [0.2, 0.25) is 0 Å². The number of rotatable bonds is 6. The van der Waals surface area contributed by atoms with Crippen molar-refractivity contribution in [3.63, 3.8) is 0 Å². The van der Waals surface area contributed by atoms with Crippen molar-refractivity contribution in [2.75, 3.05) is 19.6 Å². The molecule has 1 unspecified atom stereocenters. The zero-order valence-corrected chi connectivity index (χ0v) is 14.4. The number of nitrogens with zero attached hydrogens (tertiary/aromatic N) is 2. The predicted octanol–water partition coefficient (Wildman–Crippen LogP) is 3.32. The minimum Gasteiger partial charge on any atom is -0.304 e. The average Bonchev–Trinajstić information content (AvgIpc) is 3.01. The molecule has 0 amide bonds. The molecule has 2 heterocycles. The summed E-state index contributed by atoms with van der Waals surface area (Å²) in [4.78, 5) is 8.92. The first-order valence-electron chi connectivity index (χ1n) is 7.98. The Bertz CT molecular complexity index is 441. The van der Waals surface area contributed by atoms with Crippen LogP contribution in [0.5, 0.6) is 0 Å². The summed E-state index contributed by atoms with van der Waals surface area (Å²) >= 11 is 1.90. The Hall–Kier alpha value is -0.450. The van der Waals surface area contributed by atoms with Gasteiger partial charge in [-0.05, 0) is 46.6 Å². The normalized spacial score (nSPS) is 23.9. The van der Waals surface area contributed by atoms with E-state index in [9.17, 15) is 0 Å². The van der Waals surface area contributed by atoms with Gasteiger partial charge in [0.15, 0.2) is 0 Å². The fourth-order valence-electron chi connectivity index (χ4n) is 3.00. The molecular formula is C16H29N3S. The van der Waals surface area contributed by atoms with Crippen molar-refractivity contribution < 1.29 is 0 Å². The first-order chi connectivity index (χ1) is 9.52. The molecule has 1 N–H and O–H groups in total. The summed E-state index contributed by atoms with van der Waals surface area (Å²) in [7, 11) is 0. The lowest BCUT2D eigenvalue weighted by molar-refractivity contribution is 0.239. The van der Waals surface area contributed by atoms with Crippen LogP contribution < -0.4 is 5.32 Å². The Labute approximate surface area is 127 Å². The third-order valence-electron chi connectivity index (χ3n) is 4.38. The molecule has 1 atom stereocenters. The first-order valence-corrected chi connectivity index (χ1v) is 8.80. The van der Waals surface area contributed by atoms with Crippen LogP contribution in [0, 0.1) is 6.92 Å². The number of nitrogens with one attached hydrogen (secondary N) is 1. The van der Waals surface area contributed by atoms with E-state index in [4.69, 9.17) is 4.98 Å². The monoisotopic (exact) mass is 295 g/mol. The fourth-order valence-corrected chi connectivity index (χ4v) is 4.19. The molecule has 3 nitrogen and oxygen atoms in total. The number of hydrogen-bond donors (Lipinski definition) is 1. The molecule has 114 valence electrons. The highest BCUT2D eigenvalue weighted by atomic mass is 32.1. The minimum absolute atomic E-state index is 0.0864. The van der Waals surface area contributed by atoms with Crippen LogP contribution in [0.25, 0.3) is 0 Å². The van der Waals surface area contributed by atoms with Crippen molar-refractivity contribution in [2.45, 2.75) is 65.5 Å². The van der Waals surface area contributed by atoms with Gasteiger partial charge < -0.3 is 5.32 Å². The van der Waals surface area contributed by atoms with Gasteiger partial charge in [0, 0.05) is 24.0 Å². The number of aromatic nitrogens is 1. The van der Waals surface area contributed by atoms with E-state index in [1.807, 2.05) is 11.3 Å². The van der Waals surface area contributed by atoms with Gasteiger partial charge in [0.2, 0.25) is 0 Å². The highest BCUT2D eigenvalue weighted by molar-refractivity contribution is 7.11. The van der Waals surface area contributed by atoms with Crippen molar-refractivity contribution >= 4 is 11.3 Å². The van der Waals surface area contributed by atoms with Crippen molar-refractivity contribution in [2.24, 2.45) is 0 Å². The third-order valence-corrected chi connectivity index (χ3v) is 5.60. The molecule has 0 bridgehead atoms. The standard InChI is InChI=1S/C16H29N3S/c1-6-9-17-16(8-10-19(11-16)12(3)4)15-18-14(7-2)13(5)20-15/h12,17H,6-11H2,1-5H3. The Morgan fingerprint density at radius 3 is 2.65 bits per heavy atom. The summed E-state index contributed by atoms with van der Waals surface area (Å²) in [6.07, 6.45) is 3.40. The van der Waals surface area contributed by atoms with Crippen molar-refractivity contribution in [3.05, 3.63) is 15.6 Å². The first kappa shape index (κ1) is 15.9. The Morgan fingerprint density at radius 1 is 1.40 bits per heavy atom. The molecule has 2 rings (SSSR count). The third kappa shape index (κ3) is 3.07. The van der Waals surface area contributed by atoms with Crippen LogP contribution in [0.15, 0.2) is 0 Å². The van der Waals surface area contributed by atoms with E-state index in [1.165, 1.54) is 35.0 Å². The topological polar surface area (TPSA) is 28.2 Å². The van der Waals surface area contributed by atoms with Crippen LogP contribution in [0.3, 0.4) is 0 Å². The molecule has 1 saturated heterocycles. The van der Waals surface area contributed by atoms with Crippen LogP contribution in [0.1, 0.15) is 56.1 Å². The zero-order chi connectivity index (χ0) is 14.8. The van der Waals surface area contributed by atoms with E-state index in [1.54, 1.807) is 0 Å². The highest BCUT2D eigenvalue weighted by Crippen LogP contribution is 2.36. The molecule has 0 radical (unpaired) electrons. The van der Waals surface area contributed by atoms with Crippen LogP contribution in [-0.2, 0) is 12.0 Å². The summed E-state index contributed by atoms with van der Waals surface area (Å²) < 4.78 is 0. The van der Waals surface area contributed by atoms with Gasteiger partial charge in [-0.25, -0.2) is 4.98 Å². The highest BCUT2D eigenvalue weighted by Gasteiger charge is 2.42. The molecule has 0 saturated carbocycles. The second-order valence-electron chi connectivity index (χ2n) is 6.20. The SMILES string of the molecule is CCCNC1(c2nc(CC)c(C)s2)CCN(C(C)C)C1. The van der Waals surface area contributed by atoms with E-state index in [2.05, 4.69) is 44.8 Å². The predicted molar refractivity (Wildman–Crippen MR) is 87.5 cm³/mol. The maximum atomic E-state index is 4.96. The fraction of sp³-hybridized carbons (Fsp3) is 0.812. The average molecular weight is 295 g/mol. The number of aryl methyl sites for hydroxylation is 2. The van der Waals surface area contributed by atoms with Crippen molar-refractivity contribution in [3.8, 4) is 0 Å². The Morgan fingerprint density at radius 2 is 2.15 bits per heavy atom. The molecule has 4 heteroatoms. The largest absolute Gasteiger partial charge is 0.304 e. The van der Waals surface area contributed by atoms with Crippen LogP contribution >= 0.6 is 11.3 Å². The molecule has 20 heavy (non-hydrogen) atoms. The van der Waals surface area contributed by atoms with Crippen LogP contribution in [-0.4, -0.2) is 35.6 Å². The molecule has 1 fully saturated rings.